The lowest BCUT2D eigenvalue weighted by Crippen LogP contribution is -2.41. The molecule has 1 aliphatic rings. The molecule has 1 amide bonds. The molecule has 0 unspecified atom stereocenters. The second kappa shape index (κ2) is 6.72. The molecule has 3 rings (SSSR count). The van der Waals surface area contributed by atoms with Crippen LogP contribution in [0.3, 0.4) is 0 Å². The molecule has 1 aromatic carbocycles. The van der Waals surface area contributed by atoms with E-state index in [1.807, 2.05) is 47.4 Å². The maximum Gasteiger partial charge on any atom is 0.237 e. The molecule has 22 heavy (non-hydrogen) atoms. The van der Waals surface area contributed by atoms with Crippen LogP contribution in [0, 0.1) is 0 Å². The summed E-state index contributed by atoms with van der Waals surface area (Å²) in [6.45, 7) is 1.05. The minimum atomic E-state index is -0.417. The highest BCUT2D eigenvalue weighted by molar-refractivity contribution is 5.82. The number of para-hydroxylation sites is 1. The van der Waals surface area contributed by atoms with E-state index in [1.165, 1.54) is 0 Å². The highest BCUT2D eigenvalue weighted by atomic mass is 16.3. The quantitative estimate of drug-likeness (QED) is 0.740. The fourth-order valence-corrected chi connectivity index (χ4v) is 2.58. The first-order valence-corrected chi connectivity index (χ1v) is 7.50. The van der Waals surface area contributed by atoms with E-state index in [4.69, 9.17) is 0 Å². The zero-order valence-electron chi connectivity index (χ0n) is 12.3. The molecule has 0 radical (unpaired) electrons. The number of aliphatic hydroxyl groups excluding tert-OH is 1. The van der Waals surface area contributed by atoms with Crippen molar-refractivity contribution in [3.63, 3.8) is 0 Å². The van der Waals surface area contributed by atoms with Crippen molar-refractivity contribution in [3.05, 3.63) is 48.3 Å². The van der Waals surface area contributed by atoms with Gasteiger partial charge in [0.25, 0.3) is 0 Å². The predicted molar refractivity (Wildman–Crippen MR) is 82.7 cm³/mol. The number of nitrogens with zero attached hydrogens (tertiary/aromatic N) is 2. The highest BCUT2D eigenvalue weighted by Gasteiger charge is 2.27. The van der Waals surface area contributed by atoms with E-state index in [2.05, 4.69) is 15.7 Å². The van der Waals surface area contributed by atoms with Crippen molar-refractivity contribution in [1.29, 1.82) is 0 Å². The zero-order valence-corrected chi connectivity index (χ0v) is 12.3. The van der Waals surface area contributed by atoms with Crippen LogP contribution in [0.2, 0.25) is 0 Å². The molecule has 0 aliphatic carbocycles. The maximum atomic E-state index is 11.9. The third-order valence-electron chi connectivity index (χ3n) is 3.79. The largest absolute Gasteiger partial charge is 0.392 e. The molecule has 1 saturated heterocycles. The molecular formula is C16H20N4O2. The zero-order chi connectivity index (χ0) is 15.4. The molecular weight excluding hydrogens is 280 g/mol. The Morgan fingerprint density at radius 2 is 2.23 bits per heavy atom. The summed E-state index contributed by atoms with van der Waals surface area (Å²) in [6, 6.07) is 9.63. The van der Waals surface area contributed by atoms with Crippen LogP contribution >= 0.6 is 0 Å². The van der Waals surface area contributed by atoms with Gasteiger partial charge >= 0.3 is 0 Å². The fraction of sp³-hybridized carbons (Fsp3) is 0.375. The van der Waals surface area contributed by atoms with Gasteiger partial charge in [-0.05, 0) is 30.5 Å². The summed E-state index contributed by atoms with van der Waals surface area (Å²) in [7, 11) is 0. The summed E-state index contributed by atoms with van der Waals surface area (Å²) in [5, 5.41) is 19.6. The first-order chi connectivity index (χ1) is 10.7. The van der Waals surface area contributed by atoms with Crippen molar-refractivity contribution >= 4 is 5.91 Å². The van der Waals surface area contributed by atoms with Crippen LogP contribution in [-0.4, -0.2) is 46.0 Å². The van der Waals surface area contributed by atoms with Crippen LogP contribution in [0.1, 0.15) is 12.0 Å². The molecule has 3 N–H and O–H groups in total. The Morgan fingerprint density at radius 1 is 1.41 bits per heavy atom. The van der Waals surface area contributed by atoms with Crippen LogP contribution in [0.4, 0.5) is 0 Å². The van der Waals surface area contributed by atoms with E-state index >= 15 is 0 Å². The van der Waals surface area contributed by atoms with Crippen molar-refractivity contribution in [2.45, 2.75) is 25.0 Å². The Bertz CT molecular complexity index is 626. The first kappa shape index (κ1) is 14.7. The van der Waals surface area contributed by atoms with Gasteiger partial charge in [0, 0.05) is 19.3 Å². The molecule has 0 spiro atoms. The topological polar surface area (TPSA) is 79.2 Å². The van der Waals surface area contributed by atoms with Gasteiger partial charge in [-0.15, -0.1) is 0 Å². The van der Waals surface area contributed by atoms with Crippen molar-refractivity contribution in [1.82, 2.24) is 20.4 Å². The van der Waals surface area contributed by atoms with Gasteiger partial charge in [-0.1, -0.05) is 18.2 Å². The number of carbonyl (C=O) groups excluding carboxylic acids is 1. The lowest BCUT2D eigenvalue weighted by molar-refractivity contribution is -0.122. The van der Waals surface area contributed by atoms with Crippen molar-refractivity contribution in [3.8, 4) is 5.69 Å². The number of hydrogen-bond acceptors (Lipinski definition) is 4. The highest BCUT2D eigenvalue weighted by Crippen LogP contribution is 2.08. The van der Waals surface area contributed by atoms with Gasteiger partial charge in [0.05, 0.1) is 24.0 Å². The average Bonchev–Trinajstić information content (AvgIpc) is 3.17. The van der Waals surface area contributed by atoms with Crippen LogP contribution in [0.15, 0.2) is 42.7 Å². The second-order valence-corrected chi connectivity index (χ2v) is 5.52. The number of nitrogens with one attached hydrogen (secondary N) is 2. The number of carbonyl (C=O) groups is 1. The summed E-state index contributed by atoms with van der Waals surface area (Å²) in [6.07, 6.45) is 4.58. The normalized spacial score (nSPS) is 21.0. The summed E-state index contributed by atoms with van der Waals surface area (Å²) in [5.74, 6) is -0.0491. The smallest absolute Gasteiger partial charge is 0.237 e. The van der Waals surface area contributed by atoms with E-state index < -0.39 is 6.10 Å². The first-order valence-electron chi connectivity index (χ1n) is 7.50. The van der Waals surface area contributed by atoms with Crippen LogP contribution in [0.25, 0.3) is 5.69 Å². The Labute approximate surface area is 129 Å². The van der Waals surface area contributed by atoms with Gasteiger partial charge in [0.1, 0.15) is 0 Å². The van der Waals surface area contributed by atoms with Crippen molar-refractivity contribution in [2.24, 2.45) is 0 Å². The number of aliphatic hydroxyl groups is 1. The summed E-state index contributed by atoms with van der Waals surface area (Å²) in [4.78, 5) is 11.9. The number of aromatic nitrogens is 2. The molecule has 6 heteroatoms. The van der Waals surface area contributed by atoms with Crippen LogP contribution in [0.5, 0.6) is 0 Å². The van der Waals surface area contributed by atoms with Crippen molar-refractivity contribution in [2.75, 3.05) is 13.1 Å². The fourth-order valence-electron chi connectivity index (χ4n) is 2.58. The molecule has 1 aromatic heterocycles. The van der Waals surface area contributed by atoms with E-state index in [9.17, 15) is 9.90 Å². The molecule has 2 heterocycles. The molecule has 2 atom stereocenters. The second-order valence-electron chi connectivity index (χ2n) is 5.52. The molecule has 6 nitrogen and oxygen atoms in total. The number of hydrogen-bond donors (Lipinski definition) is 3. The van der Waals surface area contributed by atoms with Gasteiger partial charge in [0.15, 0.2) is 0 Å². The number of rotatable bonds is 5. The summed E-state index contributed by atoms with van der Waals surface area (Å²) in [5.41, 5.74) is 2.09. The standard InChI is InChI=1S/C16H20N4O2/c21-14-8-15(18-10-14)16(22)17-7-6-12-9-19-20(11-12)13-4-2-1-3-5-13/h1-5,9,11,14-15,18,21H,6-8,10H2,(H,17,22)/t14-,15+/m0/s1. The van der Waals surface area contributed by atoms with E-state index in [0.717, 1.165) is 17.7 Å². The lowest BCUT2D eigenvalue weighted by Gasteiger charge is -2.10. The average molecular weight is 300 g/mol. The minimum Gasteiger partial charge on any atom is -0.392 e. The molecule has 1 fully saturated rings. The Morgan fingerprint density at radius 3 is 2.95 bits per heavy atom. The Balaban J connectivity index is 1.48. The van der Waals surface area contributed by atoms with Crippen LogP contribution in [-0.2, 0) is 11.2 Å². The summed E-state index contributed by atoms with van der Waals surface area (Å²) >= 11 is 0. The Kier molecular flexibility index (Phi) is 4.50. The number of amides is 1. The third-order valence-corrected chi connectivity index (χ3v) is 3.79. The van der Waals surface area contributed by atoms with Gasteiger partial charge in [0.2, 0.25) is 5.91 Å². The molecule has 2 aromatic rings. The molecule has 116 valence electrons. The summed E-state index contributed by atoms with van der Waals surface area (Å²) < 4.78 is 1.83. The molecule has 0 bridgehead atoms. The number of β-amino-alcohol motifs (C(OH)–C–C–N with tert-alkyl or cyclic N) is 1. The van der Waals surface area contributed by atoms with Gasteiger partial charge in [-0.25, -0.2) is 4.68 Å². The van der Waals surface area contributed by atoms with Crippen LogP contribution < -0.4 is 10.6 Å². The SMILES string of the molecule is O=C(NCCc1cnn(-c2ccccc2)c1)[C@H]1C[C@H](O)CN1. The molecule has 1 aliphatic heterocycles. The van der Waals surface area contributed by atoms with E-state index in [1.54, 1.807) is 0 Å². The maximum absolute atomic E-state index is 11.9. The van der Waals surface area contributed by atoms with E-state index in [0.29, 0.717) is 19.5 Å². The minimum absolute atomic E-state index is 0.0491. The van der Waals surface area contributed by atoms with E-state index in [-0.39, 0.29) is 11.9 Å². The monoisotopic (exact) mass is 300 g/mol. The van der Waals surface area contributed by atoms with Gasteiger partial charge in [-0.3, -0.25) is 4.79 Å². The van der Waals surface area contributed by atoms with Gasteiger partial charge < -0.3 is 15.7 Å². The number of benzene rings is 1. The van der Waals surface area contributed by atoms with Gasteiger partial charge in [-0.2, -0.15) is 5.10 Å². The third kappa shape index (κ3) is 3.52. The lowest BCUT2D eigenvalue weighted by atomic mass is 10.2. The Hall–Kier alpha value is -2.18. The van der Waals surface area contributed by atoms with Crippen molar-refractivity contribution < 1.29 is 9.90 Å². The molecule has 0 saturated carbocycles. The predicted octanol–water partition coefficient (Wildman–Crippen LogP) is 0.254.